The van der Waals surface area contributed by atoms with E-state index in [1.54, 1.807) is 9.80 Å². The van der Waals surface area contributed by atoms with E-state index in [-0.39, 0.29) is 68.9 Å². The van der Waals surface area contributed by atoms with Gasteiger partial charge < -0.3 is 20.0 Å². The van der Waals surface area contributed by atoms with Crippen LogP contribution in [0.1, 0.15) is 117 Å². The van der Waals surface area contributed by atoms with Crippen LogP contribution in [0.25, 0.3) is 0 Å². The number of anilines is 2. The van der Waals surface area contributed by atoms with Gasteiger partial charge in [-0.25, -0.2) is 0 Å². The van der Waals surface area contributed by atoms with Crippen molar-refractivity contribution in [3.8, 4) is 0 Å². The molecule has 0 fully saturated rings. The Hall–Kier alpha value is -1.20. The number of hydrogen-bond acceptors (Lipinski definition) is 8. The number of amidine groups is 2. The molecule has 0 radical (unpaired) electrons. The molecule has 0 aliphatic rings. The minimum absolute atomic E-state index is 0. The van der Waals surface area contributed by atoms with Crippen LogP contribution in [0.4, 0.5) is 11.4 Å². The van der Waals surface area contributed by atoms with E-state index in [0.717, 1.165) is 77.0 Å². The predicted molar refractivity (Wildman–Crippen MR) is 197 cm³/mol. The largest absolute Gasteiger partial charge is 1.00 e. The quantitative estimate of drug-likeness (QED) is 0.0464. The van der Waals surface area contributed by atoms with Crippen molar-refractivity contribution < 1.29 is 95.3 Å². The molecule has 0 saturated heterocycles. The Morgan fingerprint density at radius 1 is 0.519 bits per heavy atom. The number of aliphatic imine (C=N–C) groups is 2. The van der Waals surface area contributed by atoms with Crippen LogP contribution in [0.5, 0.6) is 0 Å². The van der Waals surface area contributed by atoms with Crippen LogP contribution in [-0.4, -0.2) is 64.2 Å². The van der Waals surface area contributed by atoms with Crippen LogP contribution in [0.15, 0.2) is 68.3 Å². The summed E-state index contributed by atoms with van der Waals surface area (Å²) in [6.07, 6.45) is 15.5. The molecule has 2 aromatic carbocycles. The van der Waals surface area contributed by atoms with Gasteiger partial charge in [0.05, 0.1) is 21.8 Å². The number of unbranched alkanes of at least 4 members (excludes halogenated alkanes) is 13. The smallest absolute Gasteiger partial charge is 0.846 e. The van der Waals surface area contributed by atoms with Crippen molar-refractivity contribution in [1.29, 1.82) is 0 Å². The van der Waals surface area contributed by atoms with E-state index in [2.05, 4.69) is 23.8 Å². The molecular formula is C36H56N4Na2O8S2. The van der Waals surface area contributed by atoms with Crippen molar-refractivity contribution in [2.75, 3.05) is 36.0 Å². The first-order valence-corrected chi connectivity index (χ1v) is 20.9. The zero-order valence-corrected chi connectivity index (χ0v) is 37.3. The summed E-state index contributed by atoms with van der Waals surface area (Å²) in [4.78, 5) is 11.1. The molecule has 0 amide bonds. The van der Waals surface area contributed by atoms with Crippen LogP contribution < -0.4 is 79.1 Å². The fourth-order valence-corrected chi connectivity index (χ4v) is 6.42. The van der Waals surface area contributed by atoms with Gasteiger partial charge in [0.2, 0.25) is 0 Å². The summed E-state index contributed by atoms with van der Waals surface area (Å²) in [5.41, 5.74) is 1.04. The van der Waals surface area contributed by atoms with Crippen LogP contribution in [0, 0.1) is 0 Å². The van der Waals surface area contributed by atoms with E-state index in [4.69, 9.17) is 0 Å². The molecule has 2 rings (SSSR count). The number of benzene rings is 2. The fraction of sp³-hybridized carbons (Fsp3) is 0.611. The zero-order valence-electron chi connectivity index (χ0n) is 31.7. The topological polar surface area (TPSA) is 186 Å². The van der Waals surface area contributed by atoms with E-state index < -0.39 is 32.3 Å². The third-order valence-corrected chi connectivity index (χ3v) is 10.1. The SMILES string of the molecule is CCCCCCCCN(C([O-])=NCCCCCCN=C([O-])N(CCCCCCCC)c1ccc(S(=O)(=O)O)cc1)c1ccc(S(=O)(=O)O)cc1.[Na+].[Na+]. The minimum Gasteiger partial charge on any atom is -0.846 e. The molecule has 0 atom stereocenters. The van der Waals surface area contributed by atoms with Gasteiger partial charge in [0.15, 0.2) is 0 Å². The van der Waals surface area contributed by atoms with Gasteiger partial charge in [0.25, 0.3) is 20.2 Å². The maximum absolute atomic E-state index is 13.1. The van der Waals surface area contributed by atoms with E-state index in [1.165, 1.54) is 61.4 Å². The summed E-state index contributed by atoms with van der Waals surface area (Å²) in [5, 5.41) is 26.2. The summed E-state index contributed by atoms with van der Waals surface area (Å²) in [6.45, 7) is 5.88. The normalized spacial score (nSPS) is 12.2. The van der Waals surface area contributed by atoms with Gasteiger partial charge in [0.1, 0.15) is 0 Å². The summed E-state index contributed by atoms with van der Waals surface area (Å²) in [7, 11) is -8.68. The summed E-state index contributed by atoms with van der Waals surface area (Å²) in [6, 6.07) is 10.3. The Labute approximate surface area is 356 Å². The van der Waals surface area contributed by atoms with Gasteiger partial charge >= 0.3 is 59.1 Å². The second kappa shape index (κ2) is 28.2. The second-order valence-corrected chi connectivity index (χ2v) is 15.4. The molecule has 16 heteroatoms. The summed E-state index contributed by atoms with van der Waals surface area (Å²) >= 11 is 0. The fourth-order valence-electron chi connectivity index (χ4n) is 5.46. The molecule has 0 heterocycles. The number of nitrogens with zero attached hydrogens (tertiary/aromatic N) is 4. The van der Waals surface area contributed by atoms with E-state index in [1.807, 2.05) is 0 Å². The molecule has 0 bridgehead atoms. The Morgan fingerprint density at radius 2 is 0.808 bits per heavy atom. The maximum atomic E-state index is 13.1. The molecule has 0 aromatic heterocycles. The Kier molecular flexibility index (Phi) is 27.6. The minimum atomic E-state index is -4.34. The van der Waals surface area contributed by atoms with Crippen molar-refractivity contribution in [3.05, 3.63) is 48.5 Å². The molecule has 0 saturated carbocycles. The maximum Gasteiger partial charge on any atom is 1.00 e. The molecule has 0 unspecified atom stereocenters. The van der Waals surface area contributed by atoms with Gasteiger partial charge in [-0.15, -0.1) is 0 Å². The van der Waals surface area contributed by atoms with Crippen LogP contribution in [0.3, 0.4) is 0 Å². The van der Waals surface area contributed by atoms with Crippen molar-refractivity contribution in [1.82, 2.24) is 0 Å². The van der Waals surface area contributed by atoms with Crippen molar-refractivity contribution in [3.63, 3.8) is 0 Å². The van der Waals surface area contributed by atoms with Crippen molar-refractivity contribution in [2.24, 2.45) is 9.98 Å². The van der Waals surface area contributed by atoms with Gasteiger partial charge in [-0.3, -0.25) is 19.1 Å². The second-order valence-electron chi connectivity index (χ2n) is 12.5. The molecule has 2 aromatic rings. The Balaban J connectivity index is 0.0000130. The Bertz CT molecular complexity index is 1410. The van der Waals surface area contributed by atoms with Gasteiger partial charge in [-0.05, 0) is 74.2 Å². The predicted octanol–water partition coefficient (Wildman–Crippen LogP) is 0.215. The summed E-state index contributed by atoms with van der Waals surface area (Å²) < 4.78 is 64.4. The van der Waals surface area contributed by atoms with Crippen LogP contribution in [-0.2, 0) is 20.2 Å². The van der Waals surface area contributed by atoms with Crippen LogP contribution >= 0.6 is 0 Å². The number of rotatable bonds is 25. The molecule has 0 spiro atoms. The van der Waals surface area contributed by atoms with E-state index >= 15 is 0 Å². The average Bonchev–Trinajstić information content (AvgIpc) is 3.08. The molecule has 282 valence electrons. The average molecular weight is 783 g/mol. The molecule has 12 nitrogen and oxygen atoms in total. The zero-order chi connectivity index (χ0) is 36.8. The first-order chi connectivity index (χ1) is 23.9. The first kappa shape index (κ1) is 50.8. The molecule has 2 N–H and O–H groups in total. The van der Waals surface area contributed by atoms with E-state index in [9.17, 15) is 36.2 Å². The molecular weight excluding hydrogens is 727 g/mol. The standard InChI is InChI=1S/C36H58N4O8S2.2Na/c1-3-5-7-9-13-17-29-39(31-19-23-33(24-20-31)49(43,44)45)35(41)37-27-15-11-12-16-28-38-36(42)40(30-18-14-10-8-6-4-2)32-21-25-34(26-22-32)50(46,47)48;;/h19-26H,3-18,27-30H2,1-2H3,(H,37,41)(H,38,42)(H,43,44,45)(H,46,47,48);;/q;2*+1/p-2. The molecule has 0 aliphatic heterocycles. The monoisotopic (exact) mass is 782 g/mol. The van der Waals surface area contributed by atoms with E-state index in [0.29, 0.717) is 50.4 Å². The molecule has 52 heavy (non-hydrogen) atoms. The number of hydrogen-bond donors (Lipinski definition) is 2. The first-order valence-electron chi connectivity index (χ1n) is 18.0. The van der Waals surface area contributed by atoms with Gasteiger partial charge in [0, 0.05) is 37.6 Å². The third kappa shape index (κ3) is 20.5. The van der Waals surface area contributed by atoms with Crippen molar-refractivity contribution in [2.45, 2.75) is 126 Å². The molecule has 0 aliphatic carbocycles. The van der Waals surface area contributed by atoms with Gasteiger partial charge in [-0.2, -0.15) is 16.8 Å². The van der Waals surface area contributed by atoms with Crippen molar-refractivity contribution >= 4 is 43.7 Å². The third-order valence-electron chi connectivity index (χ3n) is 8.39. The van der Waals surface area contributed by atoms with Gasteiger partial charge in [-0.1, -0.05) is 90.9 Å². The summed E-state index contributed by atoms with van der Waals surface area (Å²) in [5.74, 6) is 0. The Morgan fingerprint density at radius 3 is 1.12 bits per heavy atom. The van der Waals surface area contributed by atoms with Crippen LogP contribution in [0.2, 0.25) is 0 Å².